The standard InChI is InChI=1S/C11H14ClN3O2/c12-9-4-5-10(15-14-9)13-8-3-1-2-7(6-8)11(16)17/h4-5,7-8H,1-3,6H2,(H,13,15)(H,16,17). The van der Waals surface area contributed by atoms with Gasteiger partial charge in [0.15, 0.2) is 5.15 Å². The van der Waals surface area contributed by atoms with E-state index < -0.39 is 5.97 Å². The van der Waals surface area contributed by atoms with Gasteiger partial charge in [0, 0.05) is 6.04 Å². The van der Waals surface area contributed by atoms with Crippen molar-refractivity contribution in [2.45, 2.75) is 31.7 Å². The highest BCUT2D eigenvalue weighted by atomic mass is 35.5. The Kier molecular flexibility index (Phi) is 3.78. The summed E-state index contributed by atoms with van der Waals surface area (Å²) in [6.45, 7) is 0. The number of hydrogen-bond donors (Lipinski definition) is 2. The maximum Gasteiger partial charge on any atom is 0.306 e. The lowest BCUT2D eigenvalue weighted by molar-refractivity contribution is -0.142. The van der Waals surface area contributed by atoms with E-state index in [2.05, 4.69) is 15.5 Å². The molecule has 2 rings (SSSR count). The molecule has 1 fully saturated rings. The minimum Gasteiger partial charge on any atom is -0.481 e. The Balaban J connectivity index is 1.94. The second kappa shape index (κ2) is 5.31. The molecule has 1 aliphatic carbocycles. The van der Waals surface area contributed by atoms with Gasteiger partial charge in [-0.15, -0.1) is 10.2 Å². The molecule has 92 valence electrons. The van der Waals surface area contributed by atoms with Crippen molar-refractivity contribution in [3.63, 3.8) is 0 Å². The molecule has 1 saturated carbocycles. The van der Waals surface area contributed by atoms with E-state index in [1.165, 1.54) is 0 Å². The van der Waals surface area contributed by atoms with E-state index in [9.17, 15) is 4.79 Å². The van der Waals surface area contributed by atoms with Gasteiger partial charge in [0.1, 0.15) is 5.82 Å². The first-order valence-corrected chi connectivity index (χ1v) is 6.01. The van der Waals surface area contributed by atoms with Crippen LogP contribution in [0.2, 0.25) is 5.15 Å². The van der Waals surface area contributed by atoms with Crippen LogP contribution in [-0.4, -0.2) is 27.3 Å². The summed E-state index contributed by atoms with van der Waals surface area (Å²) < 4.78 is 0. The van der Waals surface area contributed by atoms with Gasteiger partial charge in [-0.1, -0.05) is 18.0 Å². The van der Waals surface area contributed by atoms with Gasteiger partial charge in [-0.3, -0.25) is 4.79 Å². The number of halogens is 1. The summed E-state index contributed by atoms with van der Waals surface area (Å²) in [6.07, 6.45) is 3.29. The fourth-order valence-electron chi connectivity index (χ4n) is 2.15. The van der Waals surface area contributed by atoms with Crippen molar-refractivity contribution in [3.8, 4) is 0 Å². The van der Waals surface area contributed by atoms with Gasteiger partial charge in [-0.05, 0) is 31.4 Å². The maximum absolute atomic E-state index is 10.9. The van der Waals surface area contributed by atoms with Gasteiger partial charge in [0.25, 0.3) is 0 Å². The van der Waals surface area contributed by atoms with Crippen LogP contribution < -0.4 is 5.32 Å². The number of carboxylic acid groups (broad SMARTS) is 1. The molecule has 1 heterocycles. The minimum atomic E-state index is -0.710. The van der Waals surface area contributed by atoms with Crippen LogP contribution in [0.15, 0.2) is 12.1 Å². The van der Waals surface area contributed by atoms with Crippen LogP contribution >= 0.6 is 11.6 Å². The van der Waals surface area contributed by atoms with E-state index in [0.29, 0.717) is 17.4 Å². The molecule has 1 aromatic rings. The molecule has 0 amide bonds. The van der Waals surface area contributed by atoms with Crippen LogP contribution in [0, 0.1) is 5.92 Å². The average Bonchev–Trinajstić information content (AvgIpc) is 2.32. The summed E-state index contributed by atoms with van der Waals surface area (Å²) in [7, 11) is 0. The first kappa shape index (κ1) is 12.1. The third-order valence-corrected chi connectivity index (χ3v) is 3.21. The Morgan fingerprint density at radius 1 is 1.41 bits per heavy atom. The first-order valence-electron chi connectivity index (χ1n) is 5.63. The van der Waals surface area contributed by atoms with Crippen molar-refractivity contribution in [1.82, 2.24) is 10.2 Å². The maximum atomic E-state index is 10.9. The summed E-state index contributed by atoms with van der Waals surface area (Å²) >= 11 is 5.64. The third-order valence-electron chi connectivity index (χ3n) is 3.01. The molecular weight excluding hydrogens is 242 g/mol. The summed E-state index contributed by atoms with van der Waals surface area (Å²) in [4.78, 5) is 10.9. The largest absolute Gasteiger partial charge is 0.481 e. The molecule has 0 aromatic carbocycles. The molecule has 1 aliphatic rings. The van der Waals surface area contributed by atoms with Crippen LogP contribution in [0.1, 0.15) is 25.7 Å². The van der Waals surface area contributed by atoms with Gasteiger partial charge in [0.05, 0.1) is 5.92 Å². The van der Waals surface area contributed by atoms with Crippen molar-refractivity contribution in [3.05, 3.63) is 17.3 Å². The van der Waals surface area contributed by atoms with Gasteiger partial charge in [-0.25, -0.2) is 0 Å². The molecule has 2 N–H and O–H groups in total. The molecule has 0 saturated heterocycles. The fraction of sp³-hybridized carbons (Fsp3) is 0.545. The fourth-order valence-corrected chi connectivity index (χ4v) is 2.25. The number of aliphatic carboxylic acids is 1. The highest BCUT2D eigenvalue weighted by molar-refractivity contribution is 6.29. The van der Waals surface area contributed by atoms with Crippen molar-refractivity contribution >= 4 is 23.4 Å². The van der Waals surface area contributed by atoms with Crippen LogP contribution in [0.3, 0.4) is 0 Å². The van der Waals surface area contributed by atoms with E-state index in [4.69, 9.17) is 16.7 Å². The number of rotatable bonds is 3. The van der Waals surface area contributed by atoms with Crippen molar-refractivity contribution in [2.75, 3.05) is 5.32 Å². The normalized spacial score (nSPS) is 24.3. The Bertz CT molecular complexity index is 396. The molecule has 2 unspecified atom stereocenters. The Morgan fingerprint density at radius 2 is 2.24 bits per heavy atom. The summed E-state index contributed by atoms with van der Waals surface area (Å²) in [5.74, 6) is -0.314. The molecule has 6 heteroatoms. The summed E-state index contributed by atoms with van der Waals surface area (Å²) in [5, 5.41) is 20.2. The van der Waals surface area contributed by atoms with Gasteiger partial charge >= 0.3 is 5.97 Å². The Labute approximate surface area is 104 Å². The zero-order valence-corrected chi connectivity index (χ0v) is 10.0. The number of carbonyl (C=O) groups is 1. The van der Waals surface area contributed by atoms with E-state index in [0.717, 1.165) is 19.3 Å². The number of anilines is 1. The van der Waals surface area contributed by atoms with Crippen molar-refractivity contribution in [1.29, 1.82) is 0 Å². The molecular formula is C11H14ClN3O2. The molecule has 0 aliphatic heterocycles. The smallest absolute Gasteiger partial charge is 0.306 e. The topological polar surface area (TPSA) is 75.1 Å². The first-order chi connectivity index (χ1) is 8.15. The van der Waals surface area contributed by atoms with Gasteiger partial charge in [0.2, 0.25) is 0 Å². The van der Waals surface area contributed by atoms with Crippen molar-refractivity contribution in [2.24, 2.45) is 5.92 Å². The van der Waals surface area contributed by atoms with Crippen LogP contribution in [0.25, 0.3) is 0 Å². The van der Waals surface area contributed by atoms with E-state index in [-0.39, 0.29) is 12.0 Å². The van der Waals surface area contributed by atoms with Crippen LogP contribution in [0.5, 0.6) is 0 Å². The third kappa shape index (κ3) is 3.30. The summed E-state index contributed by atoms with van der Waals surface area (Å²) in [6, 6.07) is 3.56. The lowest BCUT2D eigenvalue weighted by Gasteiger charge is -2.27. The zero-order valence-electron chi connectivity index (χ0n) is 9.27. The monoisotopic (exact) mass is 255 g/mol. The second-order valence-corrected chi connectivity index (χ2v) is 4.67. The van der Waals surface area contributed by atoms with E-state index in [1.807, 2.05) is 0 Å². The lowest BCUT2D eigenvalue weighted by Crippen LogP contribution is -2.31. The minimum absolute atomic E-state index is 0.153. The number of nitrogens with zero attached hydrogens (tertiary/aromatic N) is 2. The molecule has 17 heavy (non-hydrogen) atoms. The van der Waals surface area contributed by atoms with Gasteiger partial charge < -0.3 is 10.4 Å². The summed E-state index contributed by atoms with van der Waals surface area (Å²) in [5.41, 5.74) is 0. The molecule has 1 aromatic heterocycles. The SMILES string of the molecule is O=C(O)C1CCCC(Nc2ccc(Cl)nn2)C1. The number of hydrogen-bond acceptors (Lipinski definition) is 4. The Morgan fingerprint density at radius 3 is 2.88 bits per heavy atom. The second-order valence-electron chi connectivity index (χ2n) is 4.28. The molecule has 0 radical (unpaired) electrons. The molecule has 5 nitrogen and oxygen atoms in total. The van der Waals surface area contributed by atoms with E-state index >= 15 is 0 Å². The van der Waals surface area contributed by atoms with Crippen LogP contribution in [0.4, 0.5) is 5.82 Å². The average molecular weight is 256 g/mol. The molecule has 2 atom stereocenters. The highest BCUT2D eigenvalue weighted by Crippen LogP contribution is 2.26. The van der Waals surface area contributed by atoms with Crippen molar-refractivity contribution < 1.29 is 9.90 Å². The zero-order chi connectivity index (χ0) is 12.3. The number of nitrogens with one attached hydrogen (secondary N) is 1. The lowest BCUT2D eigenvalue weighted by atomic mass is 9.86. The quantitative estimate of drug-likeness (QED) is 0.866. The van der Waals surface area contributed by atoms with E-state index in [1.54, 1.807) is 12.1 Å². The predicted octanol–water partition coefficient (Wildman–Crippen LogP) is 2.19. The highest BCUT2D eigenvalue weighted by Gasteiger charge is 2.26. The van der Waals surface area contributed by atoms with Crippen LogP contribution in [-0.2, 0) is 4.79 Å². The van der Waals surface area contributed by atoms with Gasteiger partial charge in [-0.2, -0.15) is 0 Å². The molecule has 0 bridgehead atoms. The predicted molar refractivity (Wildman–Crippen MR) is 64.0 cm³/mol. The number of carboxylic acids is 1. The number of aromatic nitrogens is 2. The Hall–Kier alpha value is -1.36. The molecule has 0 spiro atoms.